The highest BCUT2D eigenvalue weighted by atomic mass is 35.5. The maximum atomic E-state index is 6.16. The van der Waals surface area contributed by atoms with Crippen LogP contribution in [0.2, 0.25) is 0 Å². The Labute approximate surface area is 89.6 Å². The van der Waals surface area contributed by atoms with E-state index in [2.05, 4.69) is 18.0 Å². The Morgan fingerprint density at radius 2 is 2.36 bits per heavy atom. The fourth-order valence-electron chi connectivity index (χ4n) is 2.04. The fourth-order valence-corrected chi connectivity index (χ4v) is 2.49. The van der Waals surface area contributed by atoms with Crippen molar-refractivity contribution < 1.29 is 0 Å². The lowest BCUT2D eigenvalue weighted by Crippen LogP contribution is -2.13. The number of hydrogen-bond donors (Lipinski definition) is 0. The lowest BCUT2D eigenvalue weighted by atomic mass is 9.89. The maximum absolute atomic E-state index is 6.16. The van der Waals surface area contributed by atoms with Crippen molar-refractivity contribution in [2.45, 2.75) is 25.1 Å². The van der Waals surface area contributed by atoms with Gasteiger partial charge in [-0.25, -0.2) is 4.98 Å². The Bertz CT molecular complexity index is 354. The number of alkyl halides is 1. The molecule has 2 rings (SSSR count). The number of allylic oxidation sites excluding steroid dienone is 2. The molecule has 0 spiro atoms. The second kappa shape index (κ2) is 3.77. The Hall–Kier alpha value is -0.760. The first-order chi connectivity index (χ1) is 6.66. The van der Waals surface area contributed by atoms with Crippen LogP contribution < -0.4 is 0 Å². The van der Waals surface area contributed by atoms with Gasteiger partial charge < -0.3 is 4.57 Å². The van der Waals surface area contributed by atoms with E-state index < -0.39 is 0 Å². The topological polar surface area (TPSA) is 17.8 Å². The molecule has 1 aliphatic carbocycles. The molecule has 1 heterocycles. The SMILES string of the molecule is CC1CC(c2nccn2C)=CC(Cl)C1. The summed E-state index contributed by atoms with van der Waals surface area (Å²) < 4.78 is 2.05. The Kier molecular flexibility index (Phi) is 2.64. The molecule has 1 aromatic rings. The molecule has 2 nitrogen and oxygen atoms in total. The molecule has 0 saturated heterocycles. The van der Waals surface area contributed by atoms with E-state index in [1.165, 1.54) is 5.57 Å². The second-order valence-electron chi connectivity index (χ2n) is 4.11. The Balaban J connectivity index is 2.30. The van der Waals surface area contributed by atoms with Gasteiger partial charge in [-0.1, -0.05) is 13.0 Å². The highest BCUT2D eigenvalue weighted by Gasteiger charge is 2.20. The number of hydrogen-bond acceptors (Lipinski definition) is 1. The molecular formula is C11H15ClN2. The van der Waals surface area contributed by atoms with Crippen molar-refractivity contribution in [3.05, 3.63) is 24.3 Å². The predicted octanol–water partition coefficient (Wildman–Crippen LogP) is 2.84. The van der Waals surface area contributed by atoms with E-state index in [0.29, 0.717) is 5.92 Å². The molecule has 1 aromatic heterocycles. The molecule has 0 aliphatic heterocycles. The highest BCUT2D eigenvalue weighted by Crippen LogP contribution is 2.31. The van der Waals surface area contributed by atoms with Crippen LogP contribution in [0.1, 0.15) is 25.6 Å². The van der Waals surface area contributed by atoms with E-state index in [-0.39, 0.29) is 5.38 Å². The fraction of sp³-hybridized carbons (Fsp3) is 0.545. The van der Waals surface area contributed by atoms with Gasteiger partial charge in [-0.3, -0.25) is 0 Å². The van der Waals surface area contributed by atoms with Crippen molar-refractivity contribution in [1.82, 2.24) is 9.55 Å². The largest absolute Gasteiger partial charge is 0.334 e. The first-order valence-corrected chi connectivity index (χ1v) is 5.43. The van der Waals surface area contributed by atoms with E-state index in [1.54, 1.807) is 0 Å². The monoisotopic (exact) mass is 210 g/mol. The summed E-state index contributed by atoms with van der Waals surface area (Å²) in [5.74, 6) is 1.72. The zero-order valence-corrected chi connectivity index (χ0v) is 9.33. The summed E-state index contributed by atoms with van der Waals surface area (Å²) in [5.41, 5.74) is 1.29. The van der Waals surface area contributed by atoms with Gasteiger partial charge in [-0.15, -0.1) is 11.6 Å². The smallest absolute Gasteiger partial charge is 0.135 e. The van der Waals surface area contributed by atoms with Crippen LogP contribution in [0.25, 0.3) is 5.57 Å². The summed E-state index contributed by atoms with van der Waals surface area (Å²) in [4.78, 5) is 4.34. The van der Waals surface area contributed by atoms with Crippen molar-refractivity contribution in [3.63, 3.8) is 0 Å². The number of nitrogens with zero attached hydrogens (tertiary/aromatic N) is 2. The van der Waals surface area contributed by atoms with Crippen LogP contribution in [0.4, 0.5) is 0 Å². The molecular weight excluding hydrogens is 196 g/mol. The van der Waals surface area contributed by atoms with Gasteiger partial charge in [0.15, 0.2) is 0 Å². The summed E-state index contributed by atoms with van der Waals surface area (Å²) in [6.45, 7) is 2.24. The average molecular weight is 211 g/mol. The van der Waals surface area contributed by atoms with Gasteiger partial charge >= 0.3 is 0 Å². The van der Waals surface area contributed by atoms with Crippen molar-refractivity contribution in [2.75, 3.05) is 0 Å². The number of aromatic nitrogens is 2. The van der Waals surface area contributed by atoms with Gasteiger partial charge in [0, 0.05) is 19.4 Å². The van der Waals surface area contributed by atoms with E-state index >= 15 is 0 Å². The number of halogens is 1. The Morgan fingerprint density at radius 3 is 2.93 bits per heavy atom. The van der Waals surface area contributed by atoms with Crippen molar-refractivity contribution in [3.8, 4) is 0 Å². The molecule has 76 valence electrons. The van der Waals surface area contributed by atoms with Crippen molar-refractivity contribution >= 4 is 17.2 Å². The Morgan fingerprint density at radius 1 is 1.57 bits per heavy atom. The van der Waals surface area contributed by atoms with Crippen LogP contribution in [0, 0.1) is 5.92 Å². The summed E-state index contributed by atoms with van der Waals surface area (Å²) in [6.07, 6.45) is 8.12. The van der Waals surface area contributed by atoms with E-state index in [4.69, 9.17) is 11.6 Å². The lowest BCUT2D eigenvalue weighted by Gasteiger charge is -2.22. The summed E-state index contributed by atoms with van der Waals surface area (Å²) in [6, 6.07) is 0. The van der Waals surface area contributed by atoms with Gasteiger partial charge in [0.05, 0.1) is 5.38 Å². The van der Waals surface area contributed by atoms with Crippen molar-refractivity contribution in [1.29, 1.82) is 0 Å². The summed E-state index contributed by atoms with van der Waals surface area (Å²) in [7, 11) is 2.02. The first kappa shape index (κ1) is 9.78. The second-order valence-corrected chi connectivity index (χ2v) is 4.68. The summed E-state index contributed by atoms with van der Waals surface area (Å²) in [5, 5.41) is 0.172. The maximum Gasteiger partial charge on any atom is 0.135 e. The highest BCUT2D eigenvalue weighted by molar-refractivity contribution is 6.22. The molecule has 2 atom stereocenters. The molecule has 0 saturated carbocycles. The lowest BCUT2D eigenvalue weighted by molar-refractivity contribution is 0.537. The van der Waals surface area contributed by atoms with Crippen molar-refractivity contribution in [2.24, 2.45) is 13.0 Å². The van der Waals surface area contributed by atoms with Gasteiger partial charge in [-0.05, 0) is 24.3 Å². The van der Waals surface area contributed by atoms with Gasteiger partial charge in [-0.2, -0.15) is 0 Å². The standard InChI is InChI=1S/C11H15ClN2/c1-8-5-9(7-10(12)6-8)11-13-3-4-14(11)2/h3-4,7-8,10H,5-6H2,1-2H3. The average Bonchev–Trinajstić information content (AvgIpc) is 2.49. The molecule has 3 heteroatoms. The zero-order valence-electron chi connectivity index (χ0n) is 8.57. The minimum Gasteiger partial charge on any atom is -0.334 e. The van der Waals surface area contributed by atoms with Crippen LogP contribution in [0.15, 0.2) is 18.5 Å². The molecule has 0 bridgehead atoms. The first-order valence-electron chi connectivity index (χ1n) is 4.99. The van der Waals surface area contributed by atoms with Gasteiger partial charge in [0.1, 0.15) is 5.82 Å². The molecule has 14 heavy (non-hydrogen) atoms. The van der Waals surface area contributed by atoms with Gasteiger partial charge in [0.25, 0.3) is 0 Å². The number of aryl methyl sites for hydroxylation is 1. The van der Waals surface area contributed by atoms with Crippen LogP contribution in [0.3, 0.4) is 0 Å². The number of rotatable bonds is 1. The third-order valence-corrected chi connectivity index (χ3v) is 2.99. The number of imidazole rings is 1. The molecule has 0 amide bonds. The quantitative estimate of drug-likeness (QED) is 0.652. The van der Waals surface area contributed by atoms with Crippen LogP contribution in [-0.4, -0.2) is 14.9 Å². The molecule has 0 aromatic carbocycles. The third kappa shape index (κ3) is 1.85. The molecule has 2 unspecified atom stereocenters. The molecule has 0 radical (unpaired) electrons. The zero-order chi connectivity index (χ0) is 10.1. The third-order valence-electron chi connectivity index (χ3n) is 2.69. The minimum atomic E-state index is 0.172. The van der Waals surface area contributed by atoms with Gasteiger partial charge in [0.2, 0.25) is 0 Å². The molecule has 0 fully saturated rings. The predicted molar refractivity (Wildman–Crippen MR) is 59.2 cm³/mol. The van der Waals surface area contributed by atoms with E-state index in [1.807, 2.05) is 24.0 Å². The summed E-state index contributed by atoms with van der Waals surface area (Å²) >= 11 is 6.16. The van der Waals surface area contributed by atoms with Crippen LogP contribution >= 0.6 is 11.6 Å². The normalized spacial score (nSPS) is 27.5. The molecule has 1 aliphatic rings. The minimum absolute atomic E-state index is 0.172. The van der Waals surface area contributed by atoms with E-state index in [0.717, 1.165) is 18.7 Å². The van der Waals surface area contributed by atoms with Crippen LogP contribution in [0.5, 0.6) is 0 Å². The van der Waals surface area contributed by atoms with E-state index in [9.17, 15) is 0 Å². The van der Waals surface area contributed by atoms with Crippen LogP contribution in [-0.2, 0) is 7.05 Å². The molecule has 0 N–H and O–H groups in total.